The maximum Gasteiger partial charge on any atom is 0.0522 e. The third-order valence-corrected chi connectivity index (χ3v) is 1.74. The predicted molar refractivity (Wildman–Crippen MR) is 45.4 cm³/mol. The van der Waals surface area contributed by atoms with Crippen LogP contribution in [0.25, 0.3) is 0 Å². The molecule has 3 nitrogen and oxygen atoms in total. The summed E-state index contributed by atoms with van der Waals surface area (Å²) in [6.45, 7) is 4.99. The minimum Gasteiger partial charge on any atom is -0.330 e. The maximum atomic E-state index is 5.45. The van der Waals surface area contributed by atoms with E-state index < -0.39 is 0 Å². The summed E-state index contributed by atoms with van der Waals surface area (Å²) in [6, 6.07) is 0. The Hall–Kier alpha value is -0.830. The second-order valence-corrected chi connectivity index (χ2v) is 3.00. The second kappa shape index (κ2) is 3.53. The molecule has 0 unspecified atom stereocenters. The molecule has 0 atom stereocenters. The topological polar surface area (TPSA) is 54.7 Å². The van der Waals surface area contributed by atoms with Gasteiger partial charge in [0.05, 0.1) is 6.20 Å². The number of hydrogen-bond acceptors (Lipinski definition) is 2. The minimum atomic E-state index is 0.513. The van der Waals surface area contributed by atoms with Gasteiger partial charge in [0.1, 0.15) is 0 Å². The first kappa shape index (κ1) is 8.27. The van der Waals surface area contributed by atoms with E-state index >= 15 is 0 Å². The van der Waals surface area contributed by atoms with Gasteiger partial charge in [-0.3, -0.25) is 5.10 Å². The lowest BCUT2D eigenvalue weighted by Gasteiger charge is -2.03. The predicted octanol–water partition coefficient (Wildman–Crippen LogP) is 1.03. The highest BCUT2D eigenvalue weighted by Crippen LogP contribution is 2.15. The van der Waals surface area contributed by atoms with E-state index in [0.717, 1.165) is 6.42 Å². The zero-order valence-electron chi connectivity index (χ0n) is 7.09. The summed E-state index contributed by atoms with van der Waals surface area (Å²) in [7, 11) is 0. The van der Waals surface area contributed by atoms with Crippen LogP contribution in [0.4, 0.5) is 0 Å². The van der Waals surface area contributed by atoms with Crippen LogP contribution in [0.2, 0.25) is 0 Å². The zero-order chi connectivity index (χ0) is 8.27. The molecule has 0 aliphatic rings. The molecule has 1 aromatic heterocycles. The lowest BCUT2D eigenvalue weighted by molar-refractivity contribution is 0.791. The second-order valence-electron chi connectivity index (χ2n) is 3.00. The summed E-state index contributed by atoms with van der Waals surface area (Å²) in [6.07, 6.45) is 2.78. The van der Waals surface area contributed by atoms with E-state index in [2.05, 4.69) is 24.0 Å². The van der Waals surface area contributed by atoms with Crippen LogP contribution >= 0.6 is 0 Å². The van der Waals surface area contributed by atoms with Gasteiger partial charge in [0.15, 0.2) is 0 Å². The van der Waals surface area contributed by atoms with Gasteiger partial charge >= 0.3 is 0 Å². The fraction of sp³-hybridized carbons (Fsp3) is 0.625. The molecular weight excluding hydrogens is 138 g/mol. The van der Waals surface area contributed by atoms with Crippen molar-refractivity contribution in [2.75, 3.05) is 6.54 Å². The van der Waals surface area contributed by atoms with Crippen molar-refractivity contribution in [1.29, 1.82) is 0 Å². The van der Waals surface area contributed by atoms with Crippen molar-refractivity contribution < 1.29 is 0 Å². The lowest BCUT2D eigenvalue weighted by Crippen LogP contribution is -2.04. The van der Waals surface area contributed by atoms with E-state index in [1.54, 1.807) is 0 Å². The van der Waals surface area contributed by atoms with Gasteiger partial charge < -0.3 is 5.73 Å². The van der Waals surface area contributed by atoms with E-state index in [0.29, 0.717) is 12.5 Å². The van der Waals surface area contributed by atoms with E-state index in [-0.39, 0.29) is 0 Å². The molecule has 0 aromatic carbocycles. The molecule has 1 rings (SSSR count). The number of aromatic nitrogens is 2. The summed E-state index contributed by atoms with van der Waals surface area (Å²) < 4.78 is 0. The van der Waals surface area contributed by atoms with Crippen molar-refractivity contribution in [2.24, 2.45) is 5.73 Å². The van der Waals surface area contributed by atoms with Crippen molar-refractivity contribution in [3.63, 3.8) is 0 Å². The van der Waals surface area contributed by atoms with Gasteiger partial charge in [0.25, 0.3) is 0 Å². The molecule has 0 saturated carbocycles. The summed E-state index contributed by atoms with van der Waals surface area (Å²) in [5.74, 6) is 0.513. The molecule has 1 aromatic rings. The van der Waals surface area contributed by atoms with Crippen molar-refractivity contribution in [2.45, 2.75) is 26.2 Å². The Balaban J connectivity index is 2.78. The first-order valence-corrected chi connectivity index (χ1v) is 3.98. The van der Waals surface area contributed by atoms with Crippen molar-refractivity contribution in [3.8, 4) is 0 Å². The Morgan fingerprint density at radius 1 is 1.64 bits per heavy atom. The molecule has 0 saturated heterocycles. The number of hydrogen-bond donors (Lipinski definition) is 2. The van der Waals surface area contributed by atoms with E-state index in [1.165, 1.54) is 11.3 Å². The minimum absolute atomic E-state index is 0.513. The number of rotatable bonds is 3. The molecule has 0 fully saturated rings. The van der Waals surface area contributed by atoms with Crippen LogP contribution in [-0.2, 0) is 6.42 Å². The fourth-order valence-corrected chi connectivity index (χ4v) is 1.18. The molecule has 0 radical (unpaired) electrons. The molecule has 3 N–H and O–H groups in total. The summed E-state index contributed by atoms with van der Waals surface area (Å²) in [4.78, 5) is 0. The van der Waals surface area contributed by atoms with Gasteiger partial charge in [-0.05, 0) is 24.4 Å². The van der Waals surface area contributed by atoms with Crippen molar-refractivity contribution >= 4 is 0 Å². The van der Waals surface area contributed by atoms with Crippen molar-refractivity contribution in [1.82, 2.24) is 10.2 Å². The molecule has 0 bridgehead atoms. The average molecular weight is 153 g/mol. The van der Waals surface area contributed by atoms with Crippen molar-refractivity contribution in [3.05, 3.63) is 17.5 Å². The Kier molecular flexibility index (Phi) is 2.65. The molecule has 11 heavy (non-hydrogen) atoms. The third-order valence-electron chi connectivity index (χ3n) is 1.74. The molecule has 62 valence electrons. The molecule has 0 aliphatic carbocycles. The summed E-state index contributed by atoms with van der Waals surface area (Å²) in [5, 5.41) is 6.97. The highest BCUT2D eigenvalue weighted by atomic mass is 15.1. The van der Waals surface area contributed by atoms with Crippen LogP contribution < -0.4 is 5.73 Å². The number of aromatic amines is 1. The zero-order valence-corrected chi connectivity index (χ0v) is 7.09. The fourth-order valence-electron chi connectivity index (χ4n) is 1.18. The van der Waals surface area contributed by atoms with E-state index in [9.17, 15) is 0 Å². The smallest absolute Gasteiger partial charge is 0.0522 e. The first-order chi connectivity index (χ1) is 5.25. The highest BCUT2D eigenvalue weighted by molar-refractivity contribution is 5.19. The van der Waals surface area contributed by atoms with Gasteiger partial charge in [0, 0.05) is 5.69 Å². The van der Waals surface area contributed by atoms with Crippen LogP contribution in [0, 0.1) is 0 Å². The quantitative estimate of drug-likeness (QED) is 0.681. The Labute approximate surface area is 67.0 Å². The Morgan fingerprint density at radius 2 is 2.36 bits per heavy atom. The van der Waals surface area contributed by atoms with Gasteiger partial charge in [-0.25, -0.2) is 0 Å². The number of H-pyrrole nitrogens is 1. The van der Waals surface area contributed by atoms with Gasteiger partial charge in [0.2, 0.25) is 0 Å². The van der Waals surface area contributed by atoms with Crippen LogP contribution in [0.5, 0.6) is 0 Å². The average Bonchev–Trinajstić information content (AvgIpc) is 2.36. The standard InChI is InChI=1S/C8H15N3/c1-6(2)8-7(3-4-9)5-10-11-8/h5-6H,3-4,9H2,1-2H3,(H,10,11). The van der Waals surface area contributed by atoms with Gasteiger partial charge in [-0.15, -0.1) is 0 Å². The normalized spacial score (nSPS) is 10.9. The monoisotopic (exact) mass is 153 g/mol. The molecule has 0 aliphatic heterocycles. The van der Waals surface area contributed by atoms with Crippen LogP contribution in [-0.4, -0.2) is 16.7 Å². The van der Waals surface area contributed by atoms with E-state index in [4.69, 9.17) is 5.73 Å². The molecular formula is C8H15N3. The molecule has 3 heteroatoms. The largest absolute Gasteiger partial charge is 0.330 e. The Bertz CT molecular complexity index is 215. The summed E-state index contributed by atoms with van der Waals surface area (Å²) >= 11 is 0. The maximum absolute atomic E-state index is 5.45. The van der Waals surface area contributed by atoms with Crippen LogP contribution in [0.3, 0.4) is 0 Å². The number of nitrogens with zero attached hydrogens (tertiary/aromatic N) is 1. The highest BCUT2D eigenvalue weighted by Gasteiger charge is 2.06. The number of nitrogens with two attached hydrogens (primary N) is 1. The van der Waals surface area contributed by atoms with E-state index in [1.807, 2.05) is 6.20 Å². The first-order valence-electron chi connectivity index (χ1n) is 3.98. The third kappa shape index (κ3) is 1.80. The molecule has 1 heterocycles. The van der Waals surface area contributed by atoms with Gasteiger partial charge in [-0.1, -0.05) is 13.8 Å². The number of nitrogens with one attached hydrogen (secondary N) is 1. The molecule has 0 amide bonds. The Morgan fingerprint density at radius 3 is 2.91 bits per heavy atom. The SMILES string of the molecule is CC(C)c1[nH]ncc1CCN. The van der Waals surface area contributed by atoms with Gasteiger partial charge in [-0.2, -0.15) is 5.10 Å². The van der Waals surface area contributed by atoms with Crippen LogP contribution in [0.15, 0.2) is 6.20 Å². The summed E-state index contributed by atoms with van der Waals surface area (Å²) in [5.41, 5.74) is 7.92. The lowest BCUT2D eigenvalue weighted by atomic mass is 10.0. The van der Waals surface area contributed by atoms with Crippen LogP contribution in [0.1, 0.15) is 31.0 Å². The molecule has 0 spiro atoms.